The number of nitro groups is 2. The van der Waals surface area contributed by atoms with Gasteiger partial charge in [-0.05, 0) is 47.7 Å². The highest BCUT2D eigenvalue weighted by Gasteiger charge is 2.50. The summed E-state index contributed by atoms with van der Waals surface area (Å²) in [6.07, 6.45) is 0.692. The second kappa shape index (κ2) is 9.09. The number of nitrogens with one attached hydrogen (secondary N) is 1. The Morgan fingerprint density at radius 1 is 0.971 bits per heavy atom. The summed E-state index contributed by atoms with van der Waals surface area (Å²) in [4.78, 5) is 22.8. The molecule has 1 N–H and O–H groups in total. The number of alkyl halides is 1. The normalized spacial score (nSPS) is 25.2. The molecule has 1 aliphatic carbocycles. The van der Waals surface area contributed by atoms with Crippen LogP contribution in [-0.4, -0.2) is 20.5 Å². The zero-order chi connectivity index (χ0) is 24.0. The van der Waals surface area contributed by atoms with Gasteiger partial charge in [-0.1, -0.05) is 35.9 Å². The number of non-ortho nitro benzene ring substituents is 1. The lowest BCUT2D eigenvalue weighted by Crippen LogP contribution is -2.31. The lowest BCUT2D eigenvalue weighted by Gasteiger charge is -2.38. The number of nitro benzene ring substituents is 2. The topological polar surface area (TPSA) is 98.3 Å². The molecule has 0 aromatic heterocycles. The Bertz CT molecular complexity index is 1270. The Morgan fingerprint density at radius 3 is 2.41 bits per heavy atom. The van der Waals surface area contributed by atoms with Gasteiger partial charge in [0.25, 0.3) is 11.4 Å². The molecule has 5 atom stereocenters. The summed E-state index contributed by atoms with van der Waals surface area (Å²) in [7, 11) is 0. The Balaban J connectivity index is 1.55. The van der Waals surface area contributed by atoms with Crippen LogP contribution in [0.2, 0.25) is 5.02 Å². The van der Waals surface area contributed by atoms with Gasteiger partial charge >= 0.3 is 0 Å². The minimum absolute atomic E-state index is 0.0166. The Hall–Kier alpha value is -2.81. The molecular formula is C24H19Cl2N3O4S. The maximum absolute atomic E-state index is 11.5. The van der Waals surface area contributed by atoms with Gasteiger partial charge in [0, 0.05) is 40.1 Å². The van der Waals surface area contributed by atoms with Crippen molar-refractivity contribution >= 4 is 52.0 Å². The van der Waals surface area contributed by atoms with Crippen molar-refractivity contribution < 1.29 is 9.85 Å². The van der Waals surface area contributed by atoms with Crippen molar-refractivity contribution in [1.29, 1.82) is 0 Å². The van der Waals surface area contributed by atoms with E-state index in [0.29, 0.717) is 16.3 Å². The van der Waals surface area contributed by atoms with Gasteiger partial charge in [-0.2, -0.15) is 0 Å². The molecular weight excluding hydrogens is 497 g/mol. The minimum Gasteiger partial charge on any atom is -0.378 e. The van der Waals surface area contributed by atoms with E-state index in [4.69, 9.17) is 23.2 Å². The maximum Gasteiger partial charge on any atom is 0.282 e. The van der Waals surface area contributed by atoms with Crippen LogP contribution in [0.3, 0.4) is 0 Å². The zero-order valence-corrected chi connectivity index (χ0v) is 20.0. The first-order valence-electron chi connectivity index (χ1n) is 10.7. The minimum atomic E-state index is -0.404. The van der Waals surface area contributed by atoms with E-state index in [-0.39, 0.29) is 44.8 Å². The Morgan fingerprint density at radius 2 is 1.71 bits per heavy atom. The van der Waals surface area contributed by atoms with Crippen molar-refractivity contribution in [3.8, 4) is 0 Å². The van der Waals surface area contributed by atoms with Crippen LogP contribution in [0, 0.1) is 26.1 Å². The first-order chi connectivity index (χ1) is 16.3. The monoisotopic (exact) mass is 515 g/mol. The van der Waals surface area contributed by atoms with Gasteiger partial charge in [-0.3, -0.25) is 20.2 Å². The smallest absolute Gasteiger partial charge is 0.282 e. The number of halogens is 2. The molecule has 3 aromatic rings. The summed E-state index contributed by atoms with van der Waals surface area (Å²) in [5.74, 6) is -0.114. The predicted octanol–water partition coefficient (Wildman–Crippen LogP) is 7.20. The summed E-state index contributed by atoms with van der Waals surface area (Å²) in [6, 6.07) is 19.0. The second-order valence-corrected chi connectivity index (χ2v) is 10.7. The molecule has 0 spiro atoms. The van der Waals surface area contributed by atoms with E-state index >= 15 is 0 Å². The lowest BCUT2D eigenvalue weighted by molar-refractivity contribution is -0.387. The molecule has 10 heteroatoms. The van der Waals surface area contributed by atoms with Crippen molar-refractivity contribution in [3.05, 3.63) is 103 Å². The zero-order valence-electron chi connectivity index (χ0n) is 17.6. The Kier molecular flexibility index (Phi) is 6.14. The number of hydrogen-bond acceptors (Lipinski definition) is 6. The SMILES string of the molecule is O=[N+]([O-])c1ccc2c(c1)[C@@H]1[C@H](Cl)[C@@H](Sc3ccccc3[N+](=O)[O-])C[C@@H]1[C@H](c1ccc(Cl)cc1)N2. The maximum atomic E-state index is 11.5. The van der Waals surface area contributed by atoms with E-state index in [1.54, 1.807) is 30.3 Å². The number of fused-ring (bicyclic) bond motifs is 3. The first-order valence-corrected chi connectivity index (χ1v) is 12.4. The fourth-order valence-corrected chi connectivity index (χ4v) is 7.16. The molecule has 0 radical (unpaired) electrons. The Labute approximate surface area is 209 Å². The fraction of sp³-hybridized carbons (Fsp3) is 0.250. The number of nitrogens with zero attached hydrogens (tertiary/aromatic N) is 2. The summed E-state index contributed by atoms with van der Waals surface area (Å²) >= 11 is 14.6. The molecule has 2 aliphatic rings. The van der Waals surface area contributed by atoms with Crippen molar-refractivity contribution in [3.63, 3.8) is 0 Å². The van der Waals surface area contributed by atoms with Gasteiger partial charge < -0.3 is 5.32 Å². The molecule has 0 amide bonds. The summed E-state index contributed by atoms with van der Waals surface area (Å²) < 4.78 is 0. The molecule has 7 nitrogen and oxygen atoms in total. The summed E-state index contributed by atoms with van der Waals surface area (Å²) in [5, 5.41) is 26.7. The van der Waals surface area contributed by atoms with Crippen LogP contribution in [-0.2, 0) is 0 Å². The molecule has 1 aliphatic heterocycles. The van der Waals surface area contributed by atoms with Crippen molar-refractivity contribution in [1.82, 2.24) is 0 Å². The third-order valence-electron chi connectivity index (χ3n) is 6.58. The van der Waals surface area contributed by atoms with Gasteiger partial charge in [-0.15, -0.1) is 23.4 Å². The van der Waals surface area contributed by atoms with Crippen LogP contribution >= 0.6 is 35.0 Å². The third kappa shape index (κ3) is 4.10. The van der Waals surface area contributed by atoms with E-state index < -0.39 is 4.92 Å². The highest BCUT2D eigenvalue weighted by molar-refractivity contribution is 8.00. The number of para-hydroxylation sites is 1. The third-order valence-corrected chi connectivity index (χ3v) is 8.94. The lowest BCUT2D eigenvalue weighted by atomic mass is 9.77. The van der Waals surface area contributed by atoms with Crippen LogP contribution < -0.4 is 5.32 Å². The quantitative estimate of drug-likeness (QED) is 0.219. The number of benzene rings is 3. The standard InChI is InChI=1S/C24H19Cl2N3O4S/c25-14-7-5-13(6-8-14)24-17-12-21(34-20-4-2-1-3-19(20)29(32)33)23(26)22(17)16-11-15(28(30)31)9-10-18(16)27-24/h1-11,17,21-24,27H,12H2/t17-,21-,22-,23+,24-/m0/s1. The second-order valence-electron chi connectivity index (χ2n) is 8.45. The van der Waals surface area contributed by atoms with Crippen molar-refractivity contribution in [2.75, 3.05) is 5.32 Å². The van der Waals surface area contributed by atoms with Gasteiger partial charge in [0.15, 0.2) is 0 Å². The average Bonchev–Trinajstić information content (AvgIpc) is 3.15. The van der Waals surface area contributed by atoms with Gasteiger partial charge in [-0.25, -0.2) is 0 Å². The van der Waals surface area contributed by atoms with E-state index in [1.165, 1.54) is 23.9 Å². The van der Waals surface area contributed by atoms with Crippen LogP contribution in [0.4, 0.5) is 17.1 Å². The number of rotatable bonds is 5. The number of thioether (sulfide) groups is 1. The molecule has 0 unspecified atom stereocenters. The van der Waals surface area contributed by atoms with E-state index in [9.17, 15) is 20.2 Å². The van der Waals surface area contributed by atoms with Gasteiger partial charge in [0.1, 0.15) is 0 Å². The molecule has 0 bridgehead atoms. The molecule has 5 rings (SSSR count). The summed E-state index contributed by atoms with van der Waals surface area (Å²) in [6.45, 7) is 0. The first kappa shape index (κ1) is 23.0. The van der Waals surface area contributed by atoms with Crippen molar-refractivity contribution in [2.24, 2.45) is 5.92 Å². The highest BCUT2D eigenvalue weighted by Crippen LogP contribution is 2.58. The van der Waals surface area contributed by atoms with Gasteiger partial charge in [0.05, 0.1) is 26.2 Å². The van der Waals surface area contributed by atoms with Crippen molar-refractivity contribution in [2.45, 2.75) is 33.9 Å². The summed E-state index contributed by atoms with van der Waals surface area (Å²) in [5.41, 5.74) is 2.74. The molecule has 174 valence electrons. The highest BCUT2D eigenvalue weighted by atomic mass is 35.5. The molecule has 1 saturated carbocycles. The average molecular weight is 516 g/mol. The molecule has 34 heavy (non-hydrogen) atoms. The molecule has 0 saturated heterocycles. The molecule has 3 aromatic carbocycles. The van der Waals surface area contributed by atoms with Crippen LogP contribution in [0.1, 0.15) is 29.5 Å². The van der Waals surface area contributed by atoms with E-state index in [1.807, 2.05) is 24.3 Å². The number of hydrogen-bond donors (Lipinski definition) is 1. The van der Waals surface area contributed by atoms with E-state index in [0.717, 1.165) is 16.8 Å². The van der Waals surface area contributed by atoms with E-state index in [2.05, 4.69) is 5.32 Å². The molecule has 1 heterocycles. The number of anilines is 1. The largest absolute Gasteiger partial charge is 0.378 e. The predicted molar refractivity (Wildman–Crippen MR) is 134 cm³/mol. The molecule has 1 fully saturated rings. The van der Waals surface area contributed by atoms with Crippen LogP contribution in [0.15, 0.2) is 71.6 Å². The van der Waals surface area contributed by atoms with Crippen LogP contribution in [0.5, 0.6) is 0 Å². The van der Waals surface area contributed by atoms with Crippen LogP contribution in [0.25, 0.3) is 0 Å². The van der Waals surface area contributed by atoms with Gasteiger partial charge in [0.2, 0.25) is 0 Å². The fourth-order valence-electron chi connectivity index (χ4n) is 5.09.